The zero-order valence-corrected chi connectivity index (χ0v) is 16.5. The van der Waals surface area contributed by atoms with Gasteiger partial charge < -0.3 is 19.9 Å². The number of ether oxygens (including phenoxy) is 1. The van der Waals surface area contributed by atoms with E-state index in [9.17, 15) is 19.2 Å². The molecule has 0 spiro atoms. The quantitative estimate of drug-likeness (QED) is 0.709. The molecule has 0 radical (unpaired) electrons. The van der Waals surface area contributed by atoms with Crippen molar-refractivity contribution >= 4 is 29.4 Å². The maximum atomic E-state index is 12.2. The SMILES string of the molecule is CC(=O)N1CCN(C(=O)CCC(=O)O[C@H](C)C(=O)Nc2ccccc2C#N)CC1. The van der Waals surface area contributed by atoms with Gasteiger partial charge in [-0.05, 0) is 19.1 Å². The molecule has 1 aliphatic rings. The number of para-hydroxylation sites is 1. The second kappa shape index (κ2) is 10.2. The Morgan fingerprint density at radius 3 is 2.34 bits per heavy atom. The van der Waals surface area contributed by atoms with Crippen LogP contribution >= 0.6 is 0 Å². The largest absolute Gasteiger partial charge is 0.453 e. The van der Waals surface area contributed by atoms with Gasteiger partial charge in [0.1, 0.15) is 6.07 Å². The first kappa shape index (κ1) is 21.9. The van der Waals surface area contributed by atoms with Gasteiger partial charge in [-0.3, -0.25) is 19.2 Å². The van der Waals surface area contributed by atoms with Crippen LogP contribution in [0.4, 0.5) is 5.69 Å². The van der Waals surface area contributed by atoms with E-state index in [0.29, 0.717) is 37.4 Å². The highest BCUT2D eigenvalue weighted by molar-refractivity contribution is 5.96. The van der Waals surface area contributed by atoms with E-state index in [4.69, 9.17) is 10.00 Å². The Hall–Kier alpha value is -3.41. The lowest BCUT2D eigenvalue weighted by molar-refractivity contribution is -0.154. The fourth-order valence-electron chi connectivity index (χ4n) is 2.87. The van der Waals surface area contributed by atoms with Crippen molar-refractivity contribution in [2.24, 2.45) is 0 Å². The molecule has 1 fully saturated rings. The molecular formula is C20H24N4O5. The van der Waals surface area contributed by atoms with E-state index < -0.39 is 18.0 Å². The molecule has 2 rings (SSSR count). The molecule has 0 aliphatic carbocycles. The van der Waals surface area contributed by atoms with Gasteiger partial charge in [-0.1, -0.05) is 12.1 Å². The van der Waals surface area contributed by atoms with E-state index in [1.807, 2.05) is 6.07 Å². The number of rotatable bonds is 6. The van der Waals surface area contributed by atoms with E-state index >= 15 is 0 Å². The van der Waals surface area contributed by atoms with Crippen LogP contribution in [-0.2, 0) is 23.9 Å². The number of nitriles is 1. The van der Waals surface area contributed by atoms with Gasteiger partial charge in [0.15, 0.2) is 6.10 Å². The molecule has 1 aliphatic heterocycles. The van der Waals surface area contributed by atoms with E-state index in [0.717, 1.165) is 0 Å². The van der Waals surface area contributed by atoms with Crippen LogP contribution in [-0.4, -0.2) is 65.8 Å². The number of carbonyl (C=O) groups is 4. The number of nitrogens with zero attached hydrogens (tertiary/aromatic N) is 3. The smallest absolute Gasteiger partial charge is 0.307 e. The van der Waals surface area contributed by atoms with Crippen LogP contribution in [0.5, 0.6) is 0 Å². The zero-order chi connectivity index (χ0) is 21.4. The molecule has 0 aromatic heterocycles. The van der Waals surface area contributed by atoms with E-state index in [1.54, 1.807) is 34.1 Å². The first-order chi connectivity index (χ1) is 13.8. The van der Waals surface area contributed by atoms with Gasteiger partial charge in [-0.15, -0.1) is 0 Å². The average molecular weight is 400 g/mol. The number of benzene rings is 1. The van der Waals surface area contributed by atoms with E-state index in [-0.39, 0.29) is 24.7 Å². The second-order valence-corrected chi connectivity index (χ2v) is 6.67. The summed E-state index contributed by atoms with van der Waals surface area (Å²) in [6, 6.07) is 8.46. The molecule has 0 saturated carbocycles. The summed E-state index contributed by atoms with van der Waals surface area (Å²) in [4.78, 5) is 51.0. The molecule has 1 N–H and O–H groups in total. The molecule has 1 atom stereocenters. The number of piperazine rings is 1. The molecule has 9 heteroatoms. The normalized spacial score (nSPS) is 14.5. The minimum absolute atomic E-state index is 0.0228. The molecule has 0 unspecified atom stereocenters. The van der Waals surface area contributed by atoms with Crippen molar-refractivity contribution in [2.75, 3.05) is 31.5 Å². The Kier molecular flexibility index (Phi) is 7.71. The van der Waals surface area contributed by atoms with Crippen LogP contribution in [0.15, 0.2) is 24.3 Å². The molecule has 1 saturated heterocycles. The van der Waals surface area contributed by atoms with Gasteiger partial charge in [0.2, 0.25) is 11.8 Å². The third-order valence-corrected chi connectivity index (χ3v) is 4.60. The minimum atomic E-state index is -1.07. The number of anilines is 1. The molecule has 1 aromatic rings. The Morgan fingerprint density at radius 2 is 1.72 bits per heavy atom. The predicted molar refractivity (Wildman–Crippen MR) is 103 cm³/mol. The summed E-state index contributed by atoms with van der Waals surface area (Å²) in [5.41, 5.74) is 0.637. The Labute approximate surface area is 169 Å². The van der Waals surface area contributed by atoms with Crippen molar-refractivity contribution in [3.05, 3.63) is 29.8 Å². The number of nitrogens with one attached hydrogen (secondary N) is 1. The zero-order valence-electron chi connectivity index (χ0n) is 16.5. The summed E-state index contributed by atoms with van der Waals surface area (Å²) in [5, 5.41) is 11.6. The maximum absolute atomic E-state index is 12.2. The highest BCUT2D eigenvalue weighted by atomic mass is 16.5. The Bertz CT molecular complexity index is 824. The minimum Gasteiger partial charge on any atom is -0.453 e. The van der Waals surface area contributed by atoms with Crippen molar-refractivity contribution in [2.45, 2.75) is 32.8 Å². The topological polar surface area (TPSA) is 120 Å². The van der Waals surface area contributed by atoms with Gasteiger partial charge in [0.05, 0.1) is 17.7 Å². The monoisotopic (exact) mass is 400 g/mol. The third-order valence-electron chi connectivity index (χ3n) is 4.60. The van der Waals surface area contributed by atoms with Crippen LogP contribution < -0.4 is 5.32 Å². The van der Waals surface area contributed by atoms with Gasteiger partial charge >= 0.3 is 5.97 Å². The maximum Gasteiger partial charge on any atom is 0.307 e. The van der Waals surface area contributed by atoms with Crippen LogP contribution in [0.2, 0.25) is 0 Å². The average Bonchev–Trinajstić information content (AvgIpc) is 2.72. The molecule has 3 amide bonds. The Balaban J connectivity index is 1.75. The van der Waals surface area contributed by atoms with Crippen LogP contribution in [0.25, 0.3) is 0 Å². The number of hydrogen-bond donors (Lipinski definition) is 1. The highest BCUT2D eigenvalue weighted by Gasteiger charge is 2.24. The fourth-order valence-corrected chi connectivity index (χ4v) is 2.87. The molecule has 154 valence electrons. The predicted octanol–water partition coefficient (Wildman–Crippen LogP) is 0.899. The lowest BCUT2D eigenvalue weighted by Crippen LogP contribution is -2.50. The number of esters is 1. The van der Waals surface area contributed by atoms with Gasteiger partial charge in [-0.25, -0.2) is 0 Å². The third kappa shape index (κ3) is 6.31. The summed E-state index contributed by atoms with van der Waals surface area (Å²) in [5.74, 6) is -1.43. The van der Waals surface area contributed by atoms with Gasteiger partial charge in [-0.2, -0.15) is 5.26 Å². The lowest BCUT2D eigenvalue weighted by Gasteiger charge is -2.34. The molecule has 0 bridgehead atoms. The molecule has 29 heavy (non-hydrogen) atoms. The summed E-state index contributed by atoms with van der Waals surface area (Å²) < 4.78 is 5.09. The van der Waals surface area contributed by atoms with Crippen molar-refractivity contribution in [3.63, 3.8) is 0 Å². The summed E-state index contributed by atoms with van der Waals surface area (Å²) in [7, 11) is 0. The number of carbonyl (C=O) groups excluding carboxylic acids is 4. The van der Waals surface area contributed by atoms with Crippen LogP contribution in [0, 0.1) is 11.3 Å². The molecule has 1 aromatic carbocycles. The highest BCUT2D eigenvalue weighted by Crippen LogP contribution is 2.14. The first-order valence-corrected chi connectivity index (χ1v) is 9.34. The molecule has 9 nitrogen and oxygen atoms in total. The standard InChI is InChI=1S/C20H24N4O5/c1-14(20(28)22-17-6-4-3-5-16(17)13-21)29-19(27)8-7-18(26)24-11-9-23(10-12-24)15(2)25/h3-6,14H,7-12H2,1-2H3,(H,22,28)/t14-/m1/s1. The summed E-state index contributed by atoms with van der Waals surface area (Å²) >= 11 is 0. The van der Waals surface area contributed by atoms with Crippen molar-refractivity contribution in [1.82, 2.24) is 9.80 Å². The summed E-state index contributed by atoms with van der Waals surface area (Å²) in [6.45, 7) is 4.74. The fraction of sp³-hybridized carbons (Fsp3) is 0.450. The molecule has 1 heterocycles. The number of amides is 3. The Morgan fingerprint density at radius 1 is 1.10 bits per heavy atom. The van der Waals surface area contributed by atoms with Crippen LogP contribution in [0.3, 0.4) is 0 Å². The van der Waals surface area contributed by atoms with E-state index in [2.05, 4.69) is 5.32 Å². The van der Waals surface area contributed by atoms with Crippen LogP contribution in [0.1, 0.15) is 32.3 Å². The second-order valence-electron chi connectivity index (χ2n) is 6.67. The molecular weight excluding hydrogens is 376 g/mol. The van der Waals surface area contributed by atoms with Crippen molar-refractivity contribution < 1.29 is 23.9 Å². The van der Waals surface area contributed by atoms with Gasteiger partial charge in [0, 0.05) is 39.5 Å². The van der Waals surface area contributed by atoms with Gasteiger partial charge in [0.25, 0.3) is 5.91 Å². The van der Waals surface area contributed by atoms with Crippen molar-refractivity contribution in [3.8, 4) is 6.07 Å². The van der Waals surface area contributed by atoms with Crippen molar-refractivity contribution in [1.29, 1.82) is 5.26 Å². The summed E-state index contributed by atoms with van der Waals surface area (Å²) in [6.07, 6.45) is -1.23. The first-order valence-electron chi connectivity index (χ1n) is 9.34. The lowest BCUT2D eigenvalue weighted by atomic mass is 10.2. The van der Waals surface area contributed by atoms with E-state index in [1.165, 1.54) is 13.8 Å². The number of hydrogen-bond acceptors (Lipinski definition) is 6.